The summed E-state index contributed by atoms with van der Waals surface area (Å²) in [5.74, 6) is 1.47. The Morgan fingerprint density at radius 1 is 1.08 bits per heavy atom. The third kappa shape index (κ3) is 3.68. The molecule has 26 heavy (non-hydrogen) atoms. The van der Waals surface area contributed by atoms with E-state index >= 15 is 0 Å². The maximum Gasteiger partial charge on any atom is 0.227 e. The summed E-state index contributed by atoms with van der Waals surface area (Å²) in [7, 11) is 0. The van der Waals surface area contributed by atoms with Gasteiger partial charge in [-0.15, -0.1) is 11.3 Å². The van der Waals surface area contributed by atoms with Crippen LogP contribution < -0.4 is 5.73 Å². The fourth-order valence-electron chi connectivity index (χ4n) is 3.25. The van der Waals surface area contributed by atoms with Crippen molar-refractivity contribution in [1.82, 2.24) is 19.8 Å². The minimum Gasteiger partial charge on any atom is -0.383 e. The number of hydrogen-bond donors (Lipinski definition) is 1. The molecule has 0 atom stereocenters. The maximum absolute atomic E-state index is 12.4. The first-order chi connectivity index (χ1) is 12.7. The monoisotopic (exact) mass is 367 g/mol. The quantitative estimate of drug-likeness (QED) is 0.765. The van der Waals surface area contributed by atoms with Crippen LogP contribution in [0.2, 0.25) is 0 Å². The molecule has 1 saturated heterocycles. The number of carbonyl (C=O) groups excluding carboxylic acids is 1. The number of carbonyl (C=O) groups is 1. The molecule has 0 bridgehead atoms. The van der Waals surface area contributed by atoms with Crippen molar-refractivity contribution in [3.63, 3.8) is 0 Å². The van der Waals surface area contributed by atoms with E-state index < -0.39 is 0 Å². The van der Waals surface area contributed by atoms with Gasteiger partial charge in [0.25, 0.3) is 0 Å². The van der Waals surface area contributed by atoms with Crippen molar-refractivity contribution in [2.45, 2.75) is 13.0 Å². The van der Waals surface area contributed by atoms with Gasteiger partial charge in [-0.3, -0.25) is 9.69 Å². The van der Waals surface area contributed by atoms with Crippen molar-refractivity contribution < 1.29 is 4.79 Å². The number of anilines is 1. The van der Waals surface area contributed by atoms with Crippen LogP contribution >= 0.6 is 11.3 Å². The number of fused-ring (bicyclic) bond motifs is 1. The molecule has 1 aromatic carbocycles. The molecule has 0 saturated carbocycles. The largest absolute Gasteiger partial charge is 0.383 e. The molecule has 7 heteroatoms. The average Bonchev–Trinajstić information content (AvgIpc) is 3.15. The van der Waals surface area contributed by atoms with Crippen LogP contribution in [0, 0.1) is 0 Å². The zero-order valence-electron chi connectivity index (χ0n) is 14.5. The fourth-order valence-corrected chi connectivity index (χ4v) is 3.95. The second-order valence-electron chi connectivity index (χ2n) is 6.46. The van der Waals surface area contributed by atoms with Gasteiger partial charge in [0.1, 0.15) is 11.6 Å². The molecule has 0 spiro atoms. The number of aromatic nitrogens is 2. The van der Waals surface area contributed by atoms with Crippen molar-refractivity contribution >= 4 is 34.0 Å². The second kappa shape index (κ2) is 7.39. The molecule has 2 N–H and O–H groups in total. The highest BCUT2D eigenvalue weighted by Gasteiger charge is 2.22. The topological polar surface area (TPSA) is 75.3 Å². The minimum atomic E-state index is 0.207. The fraction of sp³-hybridized carbons (Fsp3) is 0.316. The first-order valence-electron chi connectivity index (χ1n) is 8.73. The van der Waals surface area contributed by atoms with Gasteiger partial charge in [0.15, 0.2) is 0 Å². The summed E-state index contributed by atoms with van der Waals surface area (Å²) in [6.45, 7) is 3.79. The molecule has 1 fully saturated rings. The molecule has 0 aliphatic carbocycles. The SMILES string of the molecule is Nc1nc(CN2CCN(C(=O)Cc3cccs3)CC2)nc2ccccc12. The number of benzene rings is 1. The second-order valence-corrected chi connectivity index (χ2v) is 7.49. The zero-order chi connectivity index (χ0) is 17.9. The lowest BCUT2D eigenvalue weighted by molar-refractivity contribution is -0.132. The predicted octanol–water partition coefficient (Wildman–Crippen LogP) is 2.16. The summed E-state index contributed by atoms with van der Waals surface area (Å²) < 4.78 is 0. The lowest BCUT2D eigenvalue weighted by Crippen LogP contribution is -2.48. The van der Waals surface area contributed by atoms with E-state index in [1.54, 1.807) is 11.3 Å². The van der Waals surface area contributed by atoms with E-state index in [0.29, 0.717) is 18.8 Å². The highest BCUT2D eigenvalue weighted by atomic mass is 32.1. The number of hydrogen-bond acceptors (Lipinski definition) is 6. The van der Waals surface area contributed by atoms with Gasteiger partial charge >= 0.3 is 0 Å². The number of amides is 1. The summed E-state index contributed by atoms with van der Waals surface area (Å²) in [6.07, 6.45) is 0.502. The third-order valence-corrected chi connectivity index (χ3v) is 5.55. The molecule has 6 nitrogen and oxygen atoms in total. The molecule has 1 aliphatic rings. The van der Waals surface area contributed by atoms with Crippen LogP contribution in [0.4, 0.5) is 5.82 Å². The smallest absolute Gasteiger partial charge is 0.227 e. The van der Waals surface area contributed by atoms with Gasteiger partial charge in [-0.25, -0.2) is 9.97 Å². The number of nitrogen functional groups attached to an aromatic ring is 1. The van der Waals surface area contributed by atoms with Crippen LogP contribution in [0.3, 0.4) is 0 Å². The van der Waals surface area contributed by atoms with Crippen LogP contribution in [0.1, 0.15) is 10.7 Å². The van der Waals surface area contributed by atoms with Crippen LogP contribution in [-0.2, 0) is 17.8 Å². The number of nitrogens with two attached hydrogens (primary N) is 1. The van der Waals surface area contributed by atoms with Crippen molar-refractivity contribution in [3.05, 3.63) is 52.5 Å². The van der Waals surface area contributed by atoms with Crippen LogP contribution in [0.5, 0.6) is 0 Å². The average molecular weight is 367 g/mol. The van der Waals surface area contributed by atoms with E-state index in [9.17, 15) is 4.79 Å². The minimum absolute atomic E-state index is 0.207. The van der Waals surface area contributed by atoms with Crippen molar-refractivity contribution in [3.8, 4) is 0 Å². The summed E-state index contributed by atoms with van der Waals surface area (Å²) in [4.78, 5) is 26.8. The molecule has 1 aliphatic heterocycles. The summed E-state index contributed by atoms with van der Waals surface area (Å²) in [5.41, 5.74) is 6.94. The number of para-hydroxylation sites is 1. The maximum atomic E-state index is 12.4. The highest BCUT2D eigenvalue weighted by molar-refractivity contribution is 7.10. The van der Waals surface area contributed by atoms with Crippen LogP contribution in [-0.4, -0.2) is 51.9 Å². The Morgan fingerprint density at radius 2 is 1.88 bits per heavy atom. The molecule has 0 radical (unpaired) electrons. The van der Waals surface area contributed by atoms with E-state index in [1.807, 2.05) is 46.7 Å². The molecule has 3 heterocycles. The predicted molar refractivity (Wildman–Crippen MR) is 104 cm³/mol. The van der Waals surface area contributed by atoms with E-state index in [1.165, 1.54) is 0 Å². The number of thiophene rings is 1. The van der Waals surface area contributed by atoms with Crippen LogP contribution in [0.15, 0.2) is 41.8 Å². The zero-order valence-corrected chi connectivity index (χ0v) is 15.3. The normalized spacial score (nSPS) is 15.5. The molecule has 134 valence electrons. The standard InChI is InChI=1S/C19H21N5OS/c20-19-15-5-1-2-6-16(15)21-17(22-19)13-23-7-9-24(10-8-23)18(25)12-14-4-3-11-26-14/h1-6,11H,7-10,12-13H2,(H2,20,21,22). The summed E-state index contributed by atoms with van der Waals surface area (Å²) in [6, 6.07) is 11.8. The van der Waals surface area contributed by atoms with Crippen LogP contribution in [0.25, 0.3) is 10.9 Å². The Kier molecular flexibility index (Phi) is 4.81. The van der Waals surface area contributed by atoms with Gasteiger partial charge in [0, 0.05) is 36.4 Å². The van der Waals surface area contributed by atoms with Crippen molar-refractivity contribution in [2.24, 2.45) is 0 Å². The Hall–Kier alpha value is -2.51. The Balaban J connectivity index is 1.36. The molecular formula is C19H21N5OS. The highest BCUT2D eigenvalue weighted by Crippen LogP contribution is 2.18. The molecular weight excluding hydrogens is 346 g/mol. The van der Waals surface area contributed by atoms with E-state index in [-0.39, 0.29) is 5.91 Å². The van der Waals surface area contributed by atoms with Crippen molar-refractivity contribution in [2.75, 3.05) is 31.9 Å². The van der Waals surface area contributed by atoms with Gasteiger partial charge in [-0.05, 0) is 23.6 Å². The number of piperazine rings is 1. The summed E-state index contributed by atoms with van der Waals surface area (Å²) in [5, 5.41) is 2.90. The molecule has 1 amide bonds. The Labute approximate surface area is 156 Å². The molecule has 4 rings (SSSR count). The number of nitrogens with zero attached hydrogens (tertiary/aromatic N) is 4. The molecule has 2 aromatic heterocycles. The van der Waals surface area contributed by atoms with Gasteiger partial charge in [0.05, 0.1) is 18.5 Å². The van der Waals surface area contributed by atoms with Gasteiger partial charge in [-0.1, -0.05) is 18.2 Å². The van der Waals surface area contributed by atoms with Crippen molar-refractivity contribution in [1.29, 1.82) is 0 Å². The Bertz CT molecular complexity index is 903. The van der Waals surface area contributed by atoms with E-state index in [4.69, 9.17) is 5.73 Å². The lowest BCUT2D eigenvalue weighted by atomic mass is 10.2. The van der Waals surface area contributed by atoms with E-state index in [0.717, 1.165) is 47.8 Å². The molecule has 0 unspecified atom stereocenters. The first kappa shape index (κ1) is 16.9. The Morgan fingerprint density at radius 3 is 2.65 bits per heavy atom. The molecule has 3 aromatic rings. The first-order valence-corrected chi connectivity index (χ1v) is 9.60. The lowest BCUT2D eigenvalue weighted by Gasteiger charge is -2.34. The van der Waals surface area contributed by atoms with Gasteiger partial charge in [0.2, 0.25) is 5.91 Å². The van der Waals surface area contributed by atoms with Gasteiger partial charge in [-0.2, -0.15) is 0 Å². The van der Waals surface area contributed by atoms with Gasteiger partial charge < -0.3 is 10.6 Å². The van der Waals surface area contributed by atoms with E-state index in [2.05, 4.69) is 14.9 Å². The summed E-state index contributed by atoms with van der Waals surface area (Å²) >= 11 is 1.63. The third-order valence-electron chi connectivity index (χ3n) is 4.67. The number of rotatable bonds is 4.